The fourth-order valence-electron chi connectivity index (χ4n) is 3.49. The topological polar surface area (TPSA) is 71.9 Å². The van der Waals surface area contributed by atoms with Crippen LogP contribution in [0.4, 0.5) is 5.69 Å². The summed E-state index contributed by atoms with van der Waals surface area (Å²) in [5.41, 5.74) is 3.25. The first-order valence-corrected chi connectivity index (χ1v) is 9.24. The molecular formula is C23H19ClN4O2. The molecule has 0 radical (unpaired) electrons. The van der Waals surface area contributed by atoms with E-state index in [0.29, 0.717) is 17.1 Å². The summed E-state index contributed by atoms with van der Waals surface area (Å²) in [6.07, 6.45) is 5.30. The number of amides is 1. The van der Waals surface area contributed by atoms with Crippen LogP contribution in [0.3, 0.4) is 0 Å². The van der Waals surface area contributed by atoms with E-state index in [1.165, 1.54) is 0 Å². The summed E-state index contributed by atoms with van der Waals surface area (Å²) in [4.78, 5) is 20.2. The number of aryl methyl sites for hydroxylation is 1. The normalized spacial score (nSPS) is 10.7. The molecule has 5 rings (SSSR count). The number of hydrogen-bond donors (Lipinski definition) is 2. The average molecular weight is 419 g/mol. The van der Waals surface area contributed by atoms with Gasteiger partial charge in [0.25, 0.3) is 5.91 Å². The average Bonchev–Trinajstić information content (AvgIpc) is 3.35. The van der Waals surface area contributed by atoms with Gasteiger partial charge in [0.05, 0.1) is 17.4 Å². The van der Waals surface area contributed by atoms with E-state index in [1.807, 2.05) is 72.5 Å². The monoisotopic (exact) mass is 418 g/mol. The molecule has 0 aliphatic carbocycles. The number of carbonyl (C=O) groups excluding carboxylic acids is 1. The number of H-pyrrole nitrogens is 1. The lowest BCUT2D eigenvalue weighted by atomic mass is 10.1. The van der Waals surface area contributed by atoms with E-state index in [4.69, 9.17) is 4.74 Å². The van der Waals surface area contributed by atoms with Crippen LogP contribution in [-0.2, 0) is 7.05 Å². The summed E-state index contributed by atoms with van der Waals surface area (Å²) >= 11 is 0. The number of carbonyl (C=O) groups is 1. The fourth-order valence-corrected chi connectivity index (χ4v) is 3.49. The van der Waals surface area contributed by atoms with Gasteiger partial charge < -0.3 is 19.6 Å². The van der Waals surface area contributed by atoms with Gasteiger partial charge in [0.1, 0.15) is 5.75 Å². The second-order valence-corrected chi connectivity index (χ2v) is 6.81. The van der Waals surface area contributed by atoms with E-state index >= 15 is 0 Å². The zero-order valence-electron chi connectivity index (χ0n) is 16.1. The number of aromatic nitrogens is 3. The number of anilines is 1. The van der Waals surface area contributed by atoms with Crippen molar-refractivity contribution in [3.05, 3.63) is 84.8 Å². The smallest absolute Gasteiger partial charge is 0.257 e. The number of benzene rings is 2. The minimum absolute atomic E-state index is 0. The van der Waals surface area contributed by atoms with Crippen LogP contribution in [0.1, 0.15) is 10.4 Å². The van der Waals surface area contributed by atoms with Crippen molar-refractivity contribution < 1.29 is 9.53 Å². The first-order valence-electron chi connectivity index (χ1n) is 9.24. The van der Waals surface area contributed by atoms with E-state index in [0.717, 1.165) is 27.6 Å². The van der Waals surface area contributed by atoms with Crippen molar-refractivity contribution in [3.63, 3.8) is 0 Å². The highest BCUT2D eigenvalue weighted by atomic mass is 35.5. The number of para-hydroxylation sites is 1. The molecule has 1 amide bonds. The van der Waals surface area contributed by atoms with Crippen LogP contribution < -0.4 is 10.1 Å². The molecule has 0 aliphatic heterocycles. The maximum Gasteiger partial charge on any atom is 0.257 e. The summed E-state index contributed by atoms with van der Waals surface area (Å²) in [6, 6.07) is 19.1. The lowest BCUT2D eigenvalue weighted by Crippen LogP contribution is -2.11. The maximum absolute atomic E-state index is 12.7. The largest absolute Gasteiger partial charge is 0.438 e. The van der Waals surface area contributed by atoms with Gasteiger partial charge in [0, 0.05) is 47.3 Å². The number of halogens is 1. The molecule has 3 heterocycles. The predicted molar refractivity (Wildman–Crippen MR) is 121 cm³/mol. The molecule has 0 fully saturated rings. The number of hydrogen-bond acceptors (Lipinski definition) is 3. The number of ether oxygens (including phenoxy) is 1. The number of nitrogens with zero attached hydrogens (tertiary/aromatic N) is 2. The van der Waals surface area contributed by atoms with Gasteiger partial charge >= 0.3 is 0 Å². The van der Waals surface area contributed by atoms with Gasteiger partial charge in [0.2, 0.25) is 5.88 Å². The minimum Gasteiger partial charge on any atom is -0.438 e. The molecule has 2 aromatic carbocycles. The molecular weight excluding hydrogens is 400 g/mol. The van der Waals surface area contributed by atoms with Crippen molar-refractivity contribution in [2.24, 2.45) is 7.05 Å². The molecule has 6 nitrogen and oxygen atoms in total. The Morgan fingerprint density at radius 1 is 1.03 bits per heavy atom. The van der Waals surface area contributed by atoms with Gasteiger partial charge in [-0.15, -0.1) is 12.4 Å². The van der Waals surface area contributed by atoms with E-state index in [1.54, 1.807) is 18.3 Å². The number of rotatable bonds is 4. The number of nitrogens with one attached hydrogen (secondary N) is 2. The molecule has 0 spiro atoms. The van der Waals surface area contributed by atoms with Crippen molar-refractivity contribution in [1.82, 2.24) is 14.5 Å². The first-order chi connectivity index (χ1) is 14.2. The summed E-state index contributed by atoms with van der Waals surface area (Å²) < 4.78 is 7.85. The lowest BCUT2D eigenvalue weighted by Gasteiger charge is -2.08. The van der Waals surface area contributed by atoms with Crippen molar-refractivity contribution in [2.45, 2.75) is 0 Å². The van der Waals surface area contributed by atoms with E-state index in [9.17, 15) is 4.79 Å². The highest BCUT2D eigenvalue weighted by molar-refractivity contribution is 6.12. The van der Waals surface area contributed by atoms with Gasteiger partial charge in [-0.25, -0.2) is 4.98 Å². The Kier molecular flexibility index (Phi) is 5.16. The molecule has 0 unspecified atom stereocenters. The maximum atomic E-state index is 12.7. The lowest BCUT2D eigenvalue weighted by molar-refractivity contribution is 0.102. The quantitative estimate of drug-likeness (QED) is 0.403. The molecule has 0 saturated carbocycles. The third kappa shape index (κ3) is 3.49. The molecule has 0 bridgehead atoms. The number of pyridine rings is 1. The zero-order chi connectivity index (χ0) is 19.8. The second-order valence-electron chi connectivity index (χ2n) is 6.81. The van der Waals surface area contributed by atoms with Gasteiger partial charge in [-0.05, 0) is 30.3 Å². The molecule has 0 saturated heterocycles. The number of fused-ring (bicyclic) bond motifs is 2. The van der Waals surface area contributed by atoms with Gasteiger partial charge in [-0.3, -0.25) is 4.79 Å². The Morgan fingerprint density at radius 2 is 1.90 bits per heavy atom. The van der Waals surface area contributed by atoms with Gasteiger partial charge in [0.15, 0.2) is 0 Å². The van der Waals surface area contributed by atoms with E-state index in [-0.39, 0.29) is 18.3 Å². The molecule has 5 aromatic rings. The van der Waals surface area contributed by atoms with Crippen LogP contribution in [0.15, 0.2) is 79.3 Å². The standard InChI is InChI=1S/C23H18N4O2.ClH/c1-27-14-18(16-5-2-3-7-20(16)27)23(28)26-15-9-10-22(25-13-15)29-21-8-4-6-19-17(21)11-12-24-19;/h2-14,24H,1H3,(H,26,28);1H. The first kappa shape index (κ1) is 19.5. The fraction of sp³-hybridized carbons (Fsp3) is 0.0435. The highest BCUT2D eigenvalue weighted by Gasteiger charge is 2.14. The Hall–Kier alpha value is -3.77. The molecule has 2 N–H and O–H groups in total. The Balaban J connectivity index is 0.00000218. The van der Waals surface area contributed by atoms with Gasteiger partial charge in [-0.1, -0.05) is 24.3 Å². The minimum atomic E-state index is -0.172. The second kappa shape index (κ2) is 7.93. The summed E-state index contributed by atoms with van der Waals surface area (Å²) in [5.74, 6) is 1.01. The number of aromatic amines is 1. The zero-order valence-corrected chi connectivity index (χ0v) is 16.9. The molecule has 3 aromatic heterocycles. The summed E-state index contributed by atoms with van der Waals surface area (Å²) in [7, 11) is 1.93. The Morgan fingerprint density at radius 3 is 2.73 bits per heavy atom. The van der Waals surface area contributed by atoms with Crippen LogP contribution in [0, 0.1) is 0 Å². The SMILES string of the molecule is Cl.Cn1cc(C(=O)Nc2ccc(Oc3cccc4[nH]ccc34)nc2)c2ccccc21. The summed E-state index contributed by atoms with van der Waals surface area (Å²) in [5, 5.41) is 4.81. The van der Waals surface area contributed by atoms with Crippen molar-refractivity contribution >= 4 is 45.8 Å². The van der Waals surface area contributed by atoms with Crippen LogP contribution in [0.5, 0.6) is 11.6 Å². The molecule has 7 heteroatoms. The third-order valence-corrected chi connectivity index (χ3v) is 4.91. The molecule has 30 heavy (non-hydrogen) atoms. The van der Waals surface area contributed by atoms with E-state index < -0.39 is 0 Å². The molecule has 150 valence electrons. The highest BCUT2D eigenvalue weighted by Crippen LogP contribution is 2.29. The van der Waals surface area contributed by atoms with Crippen LogP contribution >= 0.6 is 12.4 Å². The predicted octanol–water partition coefficient (Wildman–Crippen LogP) is 5.52. The van der Waals surface area contributed by atoms with Crippen molar-refractivity contribution in [1.29, 1.82) is 0 Å². The Bertz CT molecular complexity index is 1340. The molecule has 0 atom stereocenters. The van der Waals surface area contributed by atoms with E-state index in [2.05, 4.69) is 15.3 Å². The van der Waals surface area contributed by atoms with Crippen molar-refractivity contribution in [3.8, 4) is 11.6 Å². The van der Waals surface area contributed by atoms with Crippen LogP contribution in [0.2, 0.25) is 0 Å². The van der Waals surface area contributed by atoms with Crippen molar-refractivity contribution in [2.75, 3.05) is 5.32 Å². The third-order valence-electron chi connectivity index (χ3n) is 4.91. The van der Waals surface area contributed by atoms with Crippen LogP contribution in [-0.4, -0.2) is 20.4 Å². The Labute approximate surface area is 178 Å². The van der Waals surface area contributed by atoms with Gasteiger partial charge in [-0.2, -0.15) is 0 Å². The molecule has 0 aliphatic rings. The van der Waals surface area contributed by atoms with Crippen LogP contribution in [0.25, 0.3) is 21.8 Å². The summed E-state index contributed by atoms with van der Waals surface area (Å²) in [6.45, 7) is 0.